The summed E-state index contributed by atoms with van der Waals surface area (Å²) in [4.78, 5) is 45.6. The molecule has 11 heteroatoms. The Morgan fingerprint density at radius 2 is 1.89 bits per heavy atom. The molecule has 0 aliphatic carbocycles. The molecule has 3 aromatic rings. The van der Waals surface area contributed by atoms with Gasteiger partial charge in [0.15, 0.2) is 11.5 Å². The molecule has 2 atom stereocenters. The molecule has 2 N–H and O–H groups in total. The summed E-state index contributed by atoms with van der Waals surface area (Å²) in [6.07, 6.45) is 1.12. The molecule has 38 heavy (non-hydrogen) atoms. The molecule has 0 spiro atoms. The summed E-state index contributed by atoms with van der Waals surface area (Å²) in [6.45, 7) is 8.58. The standard InChI is InChI=1S/C27H35N7O4/c1-17(2)15-21-26(36)28-19(4)25-30-24(20-9-6-5-7-10-20)31-34(25)14-13-33(12-8-11-23(35)29-21)27(37)22-16-18(3)38-32-22/h5-7,9-10,16-17,19,21H,8,11-15H2,1-4H3,(H,28,36)(H,29,35)/t19-,21-/m1/s1. The van der Waals surface area contributed by atoms with E-state index >= 15 is 0 Å². The predicted molar refractivity (Wildman–Crippen MR) is 140 cm³/mol. The first-order valence-corrected chi connectivity index (χ1v) is 13.0. The molecule has 0 saturated heterocycles. The zero-order valence-electron chi connectivity index (χ0n) is 22.3. The Morgan fingerprint density at radius 1 is 1.13 bits per heavy atom. The summed E-state index contributed by atoms with van der Waals surface area (Å²) in [5.74, 6) is 1.07. The van der Waals surface area contributed by atoms with Crippen molar-refractivity contribution in [1.82, 2.24) is 35.5 Å². The lowest BCUT2D eigenvalue weighted by Gasteiger charge is -2.25. The van der Waals surface area contributed by atoms with Crippen molar-refractivity contribution in [3.63, 3.8) is 0 Å². The van der Waals surface area contributed by atoms with Gasteiger partial charge in [0, 0.05) is 31.1 Å². The van der Waals surface area contributed by atoms with E-state index in [1.165, 1.54) is 0 Å². The van der Waals surface area contributed by atoms with Crippen LogP contribution in [0, 0.1) is 12.8 Å². The third-order valence-electron chi connectivity index (χ3n) is 6.39. The minimum atomic E-state index is -0.673. The Labute approximate surface area is 222 Å². The first-order valence-electron chi connectivity index (χ1n) is 13.0. The van der Waals surface area contributed by atoms with Crippen LogP contribution in [0.2, 0.25) is 0 Å². The highest BCUT2D eigenvalue weighted by Gasteiger charge is 2.27. The molecule has 11 nitrogen and oxygen atoms in total. The second-order valence-electron chi connectivity index (χ2n) is 10.1. The van der Waals surface area contributed by atoms with Crippen molar-refractivity contribution in [2.75, 3.05) is 13.1 Å². The minimum Gasteiger partial charge on any atom is -0.361 e. The smallest absolute Gasteiger partial charge is 0.276 e. The number of benzene rings is 1. The van der Waals surface area contributed by atoms with Crippen LogP contribution < -0.4 is 10.6 Å². The lowest BCUT2D eigenvalue weighted by atomic mass is 10.0. The summed E-state index contributed by atoms with van der Waals surface area (Å²) >= 11 is 0. The van der Waals surface area contributed by atoms with Gasteiger partial charge in [0.05, 0.1) is 12.6 Å². The van der Waals surface area contributed by atoms with Crippen LogP contribution in [-0.2, 0) is 16.1 Å². The van der Waals surface area contributed by atoms with Crippen molar-refractivity contribution < 1.29 is 18.9 Å². The Kier molecular flexibility index (Phi) is 8.55. The van der Waals surface area contributed by atoms with Crippen molar-refractivity contribution in [3.05, 3.63) is 53.7 Å². The van der Waals surface area contributed by atoms with Gasteiger partial charge in [-0.1, -0.05) is 49.3 Å². The molecule has 0 saturated carbocycles. The fraction of sp³-hybridized carbons (Fsp3) is 0.481. The minimum absolute atomic E-state index is 0.186. The van der Waals surface area contributed by atoms with Gasteiger partial charge in [-0.15, -0.1) is 0 Å². The lowest BCUT2D eigenvalue weighted by Crippen LogP contribution is -2.48. The fourth-order valence-corrected chi connectivity index (χ4v) is 4.49. The van der Waals surface area contributed by atoms with Crippen LogP contribution in [0.5, 0.6) is 0 Å². The molecule has 1 aliphatic rings. The molecule has 2 aromatic heterocycles. The quantitative estimate of drug-likeness (QED) is 0.539. The number of amides is 3. The number of hydrogen-bond acceptors (Lipinski definition) is 7. The Balaban J connectivity index is 1.67. The molecule has 4 rings (SSSR count). The Morgan fingerprint density at radius 3 is 2.58 bits per heavy atom. The van der Waals surface area contributed by atoms with Crippen molar-refractivity contribution in [1.29, 1.82) is 0 Å². The van der Waals surface area contributed by atoms with Crippen LogP contribution in [0.1, 0.15) is 68.1 Å². The van der Waals surface area contributed by atoms with Crippen molar-refractivity contribution in [2.24, 2.45) is 5.92 Å². The third-order valence-corrected chi connectivity index (χ3v) is 6.39. The highest BCUT2D eigenvalue weighted by atomic mass is 16.5. The SMILES string of the molecule is Cc1cc(C(=O)N2CCCC(=O)N[C@H](CC(C)C)C(=O)N[C@H](C)c3nc(-c4ccccc4)nn3CC2)no1. The van der Waals surface area contributed by atoms with Crippen LogP contribution in [-0.4, -0.2) is 61.7 Å². The van der Waals surface area contributed by atoms with Crippen molar-refractivity contribution >= 4 is 17.7 Å². The van der Waals surface area contributed by atoms with E-state index in [1.54, 1.807) is 22.6 Å². The van der Waals surface area contributed by atoms with Crippen LogP contribution >= 0.6 is 0 Å². The molecular formula is C27H35N7O4. The first-order chi connectivity index (χ1) is 18.2. The molecule has 0 bridgehead atoms. The van der Waals surface area contributed by atoms with E-state index in [-0.39, 0.29) is 35.8 Å². The average molecular weight is 522 g/mol. The second kappa shape index (κ2) is 12.0. The zero-order chi connectivity index (χ0) is 27.2. The molecule has 0 radical (unpaired) electrons. The average Bonchev–Trinajstić information content (AvgIpc) is 3.51. The molecule has 3 heterocycles. The van der Waals surface area contributed by atoms with Gasteiger partial charge in [-0.05, 0) is 32.6 Å². The van der Waals surface area contributed by atoms with Gasteiger partial charge >= 0.3 is 0 Å². The van der Waals surface area contributed by atoms with Gasteiger partial charge in [0.1, 0.15) is 17.6 Å². The van der Waals surface area contributed by atoms with Crippen molar-refractivity contribution in [2.45, 2.75) is 65.6 Å². The summed E-state index contributed by atoms with van der Waals surface area (Å²) in [5, 5.41) is 14.5. The topological polar surface area (TPSA) is 135 Å². The number of aromatic nitrogens is 4. The van der Waals surface area contributed by atoms with Crippen LogP contribution in [0.15, 0.2) is 40.9 Å². The van der Waals surface area contributed by atoms with Gasteiger partial charge in [0.2, 0.25) is 11.8 Å². The predicted octanol–water partition coefficient (Wildman–Crippen LogP) is 2.89. The molecule has 3 amide bonds. The fourth-order valence-electron chi connectivity index (χ4n) is 4.49. The maximum Gasteiger partial charge on any atom is 0.276 e. The molecule has 1 aliphatic heterocycles. The van der Waals surface area contributed by atoms with Crippen LogP contribution in [0.25, 0.3) is 11.4 Å². The number of fused-ring (bicyclic) bond motifs is 1. The summed E-state index contributed by atoms with van der Waals surface area (Å²) in [6, 6.07) is 10.0. The number of carbonyl (C=O) groups is 3. The van der Waals surface area contributed by atoms with E-state index < -0.39 is 12.1 Å². The first kappa shape index (κ1) is 27.0. The molecule has 0 unspecified atom stereocenters. The molecule has 0 fully saturated rings. The van der Waals surface area contributed by atoms with E-state index in [1.807, 2.05) is 51.1 Å². The van der Waals surface area contributed by atoms with Gasteiger partial charge < -0.3 is 20.1 Å². The summed E-state index contributed by atoms with van der Waals surface area (Å²) in [7, 11) is 0. The van der Waals surface area contributed by atoms with E-state index in [9.17, 15) is 14.4 Å². The highest BCUT2D eigenvalue weighted by molar-refractivity contribution is 5.92. The Bertz CT molecular complexity index is 1270. The second-order valence-corrected chi connectivity index (χ2v) is 10.1. The number of hydrogen-bond donors (Lipinski definition) is 2. The number of nitrogens with one attached hydrogen (secondary N) is 2. The van der Waals surface area contributed by atoms with E-state index in [4.69, 9.17) is 14.6 Å². The highest BCUT2D eigenvalue weighted by Crippen LogP contribution is 2.20. The zero-order valence-corrected chi connectivity index (χ0v) is 22.3. The largest absolute Gasteiger partial charge is 0.361 e. The molecule has 1 aromatic carbocycles. The van der Waals surface area contributed by atoms with Crippen molar-refractivity contribution in [3.8, 4) is 11.4 Å². The van der Waals surface area contributed by atoms with E-state index in [0.29, 0.717) is 49.9 Å². The maximum atomic E-state index is 13.3. The number of carbonyl (C=O) groups excluding carboxylic acids is 3. The Hall–Kier alpha value is -4.02. The monoisotopic (exact) mass is 521 g/mol. The van der Waals surface area contributed by atoms with E-state index in [2.05, 4.69) is 15.8 Å². The summed E-state index contributed by atoms with van der Waals surface area (Å²) in [5.41, 5.74) is 1.06. The van der Waals surface area contributed by atoms with E-state index in [0.717, 1.165) is 5.56 Å². The number of aryl methyl sites for hydroxylation is 1. The van der Waals surface area contributed by atoms with Gasteiger partial charge in [0.25, 0.3) is 5.91 Å². The molecule has 202 valence electrons. The van der Waals surface area contributed by atoms with Gasteiger partial charge in [-0.25, -0.2) is 9.67 Å². The number of rotatable bonds is 4. The van der Waals surface area contributed by atoms with Crippen LogP contribution in [0.3, 0.4) is 0 Å². The molecular weight excluding hydrogens is 486 g/mol. The third kappa shape index (κ3) is 6.64. The van der Waals surface area contributed by atoms with Gasteiger partial charge in [-0.3, -0.25) is 14.4 Å². The summed E-state index contributed by atoms with van der Waals surface area (Å²) < 4.78 is 6.85. The maximum absolute atomic E-state index is 13.3. The number of nitrogens with zero attached hydrogens (tertiary/aromatic N) is 5. The van der Waals surface area contributed by atoms with Crippen LogP contribution in [0.4, 0.5) is 0 Å². The van der Waals surface area contributed by atoms with Gasteiger partial charge in [-0.2, -0.15) is 5.10 Å². The normalized spacial score (nSPS) is 19.4. The lowest BCUT2D eigenvalue weighted by molar-refractivity contribution is -0.129.